The average molecular weight is 240 g/mol. The fourth-order valence-corrected chi connectivity index (χ4v) is 1.92. The van der Waals surface area contributed by atoms with E-state index in [1.807, 2.05) is 12.1 Å². The van der Waals surface area contributed by atoms with Crippen LogP contribution < -0.4 is 5.73 Å². The number of aromatic hydroxyl groups is 1. The molecule has 3 aromatic rings. The van der Waals surface area contributed by atoms with Gasteiger partial charge in [-0.1, -0.05) is 12.1 Å². The molecular weight excluding hydrogens is 228 g/mol. The summed E-state index contributed by atoms with van der Waals surface area (Å²) in [6.07, 6.45) is 4.15. The van der Waals surface area contributed by atoms with Crippen molar-refractivity contribution in [3.63, 3.8) is 0 Å². The van der Waals surface area contributed by atoms with Crippen LogP contribution in [0.25, 0.3) is 5.65 Å². The van der Waals surface area contributed by atoms with Gasteiger partial charge in [0, 0.05) is 18.2 Å². The normalized spacial score (nSPS) is 10.9. The van der Waals surface area contributed by atoms with E-state index >= 15 is 0 Å². The Morgan fingerprint density at radius 2 is 1.94 bits per heavy atom. The Bertz CT molecular complexity index is 688. The minimum atomic E-state index is 0.265. The van der Waals surface area contributed by atoms with E-state index in [9.17, 15) is 5.11 Å². The predicted molar refractivity (Wildman–Crippen MR) is 68.3 cm³/mol. The van der Waals surface area contributed by atoms with Gasteiger partial charge in [0.25, 0.3) is 0 Å². The highest BCUT2D eigenvalue weighted by atomic mass is 16.3. The third-order valence-electron chi connectivity index (χ3n) is 2.83. The van der Waals surface area contributed by atoms with Gasteiger partial charge in [-0.3, -0.25) is 0 Å². The van der Waals surface area contributed by atoms with Crippen LogP contribution in [-0.4, -0.2) is 19.7 Å². The largest absolute Gasteiger partial charge is 0.508 e. The molecule has 0 amide bonds. The second kappa shape index (κ2) is 4.03. The number of rotatable bonds is 2. The second-order valence-electron chi connectivity index (χ2n) is 4.12. The molecule has 0 fully saturated rings. The first kappa shape index (κ1) is 10.6. The van der Waals surface area contributed by atoms with Crippen LogP contribution in [0, 0.1) is 0 Å². The molecule has 0 aliphatic heterocycles. The van der Waals surface area contributed by atoms with Crippen molar-refractivity contribution in [2.45, 2.75) is 6.42 Å². The molecule has 5 nitrogen and oxygen atoms in total. The van der Waals surface area contributed by atoms with E-state index in [-0.39, 0.29) is 5.75 Å². The molecule has 0 saturated heterocycles. The number of aromatic nitrogens is 3. The fraction of sp³-hybridized carbons (Fsp3) is 0.0769. The van der Waals surface area contributed by atoms with Crippen LogP contribution in [0.5, 0.6) is 5.75 Å². The molecule has 0 spiro atoms. The summed E-state index contributed by atoms with van der Waals surface area (Å²) in [5.41, 5.74) is 8.67. The van der Waals surface area contributed by atoms with E-state index in [4.69, 9.17) is 5.73 Å². The Morgan fingerprint density at radius 1 is 1.17 bits per heavy atom. The van der Waals surface area contributed by atoms with Crippen LogP contribution in [0.4, 0.5) is 5.82 Å². The van der Waals surface area contributed by atoms with Crippen molar-refractivity contribution in [3.05, 3.63) is 53.9 Å². The highest BCUT2D eigenvalue weighted by molar-refractivity contribution is 5.52. The lowest BCUT2D eigenvalue weighted by atomic mass is 10.1. The summed E-state index contributed by atoms with van der Waals surface area (Å²) in [5.74, 6) is 0.831. The highest BCUT2D eigenvalue weighted by Crippen LogP contribution is 2.17. The number of benzene rings is 1. The summed E-state index contributed by atoms with van der Waals surface area (Å²) in [7, 11) is 0. The molecule has 0 unspecified atom stereocenters. The zero-order valence-electron chi connectivity index (χ0n) is 9.61. The SMILES string of the molecule is Nc1ccnc2c(Cc3ccc(O)cc3)cnn12. The van der Waals surface area contributed by atoms with Gasteiger partial charge < -0.3 is 10.8 Å². The molecule has 0 saturated carbocycles. The van der Waals surface area contributed by atoms with Crippen LogP contribution >= 0.6 is 0 Å². The lowest BCUT2D eigenvalue weighted by Crippen LogP contribution is -1.99. The topological polar surface area (TPSA) is 76.4 Å². The maximum Gasteiger partial charge on any atom is 0.160 e. The molecule has 90 valence electrons. The Morgan fingerprint density at radius 3 is 2.72 bits per heavy atom. The maximum atomic E-state index is 9.25. The van der Waals surface area contributed by atoms with Gasteiger partial charge in [0.05, 0.1) is 6.20 Å². The summed E-state index contributed by atoms with van der Waals surface area (Å²) >= 11 is 0. The van der Waals surface area contributed by atoms with Crippen molar-refractivity contribution in [2.24, 2.45) is 0 Å². The molecule has 1 aromatic carbocycles. The van der Waals surface area contributed by atoms with Crippen molar-refractivity contribution in [2.75, 3.05) is 5.73 Å². The molecule has 18 heavy (non-hydrogen) atoms. The van der Waals surface area contributed by atoms with E-state index in [1.54, 1.807) is 35.1 Å². The molecule has 0 atom stereocenters. The van der Waals surface area contributed by atoms with Gasteiger partial charge in [0.1, 0.15) is 11.6 Å². The van der Waals surface area contributed by atoms with Crippen molar-refractivity contribution in [1.82, 2.24) is 14.6 Å². The Balaban J connectivity index is 2.00. The zero-order chi connectivity index (χ0) is 12.5. The number of anilines is 1. The minimum absolute atomic E-state index is 0.265. The van der Waals surface area contributed by atoms with Crippen molar-refractivity contribution < 1.29 is 5.11 Å². The van der Waals surface area contributed by atoms with Crippen LogP contribution in [0.15, 0.2) is 42.7 Å². The lowest BCUT2D eigenvalue weighted by molar-refractivity contribution is 0.475. The lowest BCUT2D eigenvalue weighted by Gasteiger charge is -2.01. The summed E-state index contributed by atoms with van der Waals surface area (Å²) in [5, 5.41) is 13.5. The Hall–Kier alpha value is -2.56. The van der Waals surface area contributed by atoms with Crippen molar-refractivity contribution in [3.8, 4) is 5.75 Å². The van der Waals surface area contributed by atoms with Crippen LogP contribution in [0.3, 0.4) is 0 Å². The Kier molecular flexibility index (Phi) is 2.37. The molecule has 2 heterocycles. The number of nitrogen functional groups attached to an aromatic ring is 1. The number of fused-ring (bicyclic) bond motifs is 1. The molecule has 3 N–H and O–H groups in total. The van der Waals surface area contributed by atoms with Crippen molar-refractivity contribution in [1.29, 1.82) is 0 Å². The van der Waals surface area contributed by atoms with E-state index in [0.717, 1.165) is 16.8 Å². The Labute approximate surface area is 104 Å². The monoisotopic (exact) mass is 240 g/mol. The predicted octanol–water partition coefficient (Wildman–Crippen LogP) is 1.61. The first-order chi connectivity index (χ1) is 8.74. The molecule has 3 rings (SSSR count). The number of phenols is 1. The van der Waals surface area contributed by atoms with E-state index in [1.165, 1.54) is 0 Å². The van der Waals surface area contributed by atoms with Crippen molar-refractivity contribution >= 4 is 11.5 Å². The first-order valence-electron chi connectivity index (χ1n) is 5.59. The first-order valence-corrected chi connectivity index (χ1v) is 5.59. The van der Waals surface area contributed by atoms with Crippen LogP contribution in [0.1, 0.15) is 11.1 Å². The third kappa shape index (κ3) is 1.75. The van der Waals surface area contributed by atoms with Gasteiger partial charge in [-0.25, -0.2) is 4.98 Å². The smallest absolute Gasteiger partial charge is 0.160 e. The highest BCUT2D eigenvalue weighted by Gasteiger charge is 2.07. The zero-order valence-corrected chi connectivity index (χ0v) is 9.61. The fourth-order valence-electron chi connectivity index (χ4n) is 1.92. The molecule has 0 aliphatic rings. The number of nitrogens with two attached hydrogens (primary N) is 1. The molecule has 0 radical (unpaired) electrons. The van der Waals surface area contributed by atoms with Gasteiger partial charge in [0.15, 0.2) is 5.65 Å². The summed E-state index contributed by atoms with van der Waals surface area (Å²) in [6, 6.07) is 8.81. The molecule has 0 aliphatic carbocycles. The summed E-state index contributed by atoms with van der Waals surface area (Å²) in [6.45, 7) is 0. The molecule has 5 heteroatoms. The van der Waals surface area contributed by atoms with Crippen LogP contribution in [0.2, 0.25) is 0 Å². The van der Waals surface area contributed by atoms with Gasteiger partial charge in [0.2, 0.25) is 0 Å². The number of nitrogens with zero attached hydrogens (tertiary/aromatic N) is 3. The van der Waals surface area contributed by atoms with Gasteiger partial charge in [-0.15, -0.1) is 0 Å². The van der Waals surface area contributed by atoms with Gasteiger partial charge in [-0.2, -0.15) is 9.61 Å². The van der Waals surface area contributed by atoms with E-state index in [0.29, 0.717) is 12.2 Å². The standard InChI is InChI=1S/C13H12N4O/c14-12-5-6-15-13-10(8-16-17(12)13)7-9-1-3-11(18)4-2-9/h1-6,8,18H,7,14H2. The summed E-state index contributed by atoms with van der Waals surface area (Å²) < 4.78 is 1.62. The summed E-state index contributed by atoms with van der Waals surface area (Å²) in [4.78, 5) is 4.29. The molecule has 2 aromatic heterocycles. The second-order valence-corrected chi connectivity index (χ2v) is 4.12. The molecule has 0 bridgehead atoms. The van der Waals surface area contributed by atoms with E-state index in [2.05, 4.69) is 10.1 Å². The minimum Gasteiger partial charge on any atom is -0.508 e. The quantitative estimate of drug-likeness (QED) is 0.713. The van der Waals surface area contributed by atoms with Gasteiger partial charge >= 0.3 is 0 Å². The molecular formula is C13H12N4O. The average Bonchev–Trinajstić information content (AvgIpc) is 2.77. The van der Waals surface area contributed by atoms with Crippen LogP contribution in [-0.2, 0) is 6.42 Å². The number of hydrogen-bond acceptors (Lipinski definition) is 4. The number of phenolic OH excluding ortho intramolecular Hbond substituents is 1. The maximum absolute atomic E-state index is 9.25. The third-order valence-corrected chi connectivity index (χ3v) is 2.83. The van der Waals surface area contributed by atoms with Gasteiger partial charge in [-0.05, 0) is 23.8 Å². The number of hydrogen-bond donors (Lipinski definition) is 2. The van der Waals surface area contributed by atoms with E-state index < -0.39 is 0 Å².